The van der Waals surface area contributed by atoms with E-state index >= 15 is 0 Å². The van der Waals surface area contributed by atoms with Gasteiger partial charge in [0.1, 0.15) is 5.75 Å². The van der Waals surface area contributed by atoms with Crippen LogP contribution in [0.2, 0.25) is 0 Å². The minimum Gasteiger partial charge on any atom is -0.471 e. The number of benzene rings is 2. The van der Waals surface area contributed by atoms with E-state index in [0.717, 1.165) is 29.8 Å². The van der Waals surface area contributed by atoms with Gasteiger partial charge in [0.05, 0.1) is 12.1 Å². The summed E-state index contributed by atoms with van der Waals surface area (Å²) >= 11 is 0. The summed E-state index contributed by atoms with van der Waals surface area (Å²) in [4.78, 5) is 43.4. The van der Waals surface area contributed by atoms with Gasteiger partial charge in [0, 0.05) is 68.1 Å². The summed E-state index contributed by atoms with van der Waals surface area (Å²) < 4.78 is 5.42. The fourth-order valence-electron chi connectivity index (χ4n) is 5.90. The van der Waals surface area contributed by atoms with Crippen LogP contribution < -0.4 is 53.4 Å². The average Bonchev–Trinajstić information content (AvgIpc) is 3.47. The molecule has 15 nitrogen and oxygen atoms in total. The Morgan fingerprint density at radius 3 is 2.02 bits per heavy atom. The van der Waals surface area contributed by atoms with Crippen LogP contribution in [0.1, 0.15) is 35.2 Å². The van der Waals surface area contributed by atoms with Gasteiger partial charge in [-0.05, 0) is 54.8 Å². The lowest BCUT2D eigenvalue weighted by Gasteiger charge is -2.37. The van der Waals surface area contributed by atoms with Crippen molar-refractivity contribution in [3.05, 3.63) is 53.6 Å². The van der Waals surface area contributed by atoms with Crippen LogP contribution in [0.5, 0.6) is 5.75 Å². The lowest BCUT2D eigenvalue weighted by atomic mass is 10.0. The number of carbonyl (C=O) groups excluding carboxylic acids is 2. The molecule has 0 radical (unpaired) electrons. The monoisotopic (exact) mass is 652 g/mol. The van der Waals surface area contributed by atoms with Crippen molar-refractivity contribution >= 4 is 53.3 Å². The Bertz CT molecular complexity index is 1480. The molecule has 0 bridgehead atoms. The molecule has 1 aromatic heterocycles. The molecule has 0 spiro atoms. The lowest BCUT2D eigenvalue weighted by molar-refractivity contribution is -0.120. The van der Waals surface area contributed by atoms with E-state index in [1.165, 1.54) is 0 Å². The van der Waals surface area contributed by atoms with Crippen LogP contribution in [-0.4, -0.2) is 83.7 Å². The van der Waals surface area contributed by atoms with E-state index in [2.05, 4.69) is 25.9 Å². The number of fused-ring (bicyclic) bond motifs is 1. The number of nitrogens with one attached hydrogen (secondary N) is 3. The highest BCUT2D eigenvalue weighted by Crippen LogP contribution is 2.29. The number of piperidine rings is 2. The fourth-order valence-corrected chi connectivity index (χ4v) is 5.90. The number of nitrogens with zero attached hydrogens (tertiary/aromatic N) is 5. The lowest BCUT2D eigenvalue weighted by Crippen LogP contribution is -2.54. The van der Waals surface area contributed by atoms with E-state index < -0.39 is 0 Å². The largest absolute Gasteiger partial charge is 0.471 e. The zero-order chi connectivity index (χ0) is 31.5. The normalized spacial score (nSPS) is 22.2. The SMILES string of the molecule is Cl.N[C@@H]1C[C@H](N)CN(c2nc(Nc3ccc(C(=O)CC(=O)NCc4ccc5c(c4)NCO5)cc3)nc(N3C[C@H](N)C[C@H](N)C3)n2)C1. The first-order valence-electron chi connectivity index (χ1n) is 15.1. The molecule has 11 N–H and O–H groups in total. The third kappa shape index (κ3) is 8.10. The number of Topliss-reactive ketones (excluding diaryl/α,β-unsaturated/α-hetero) is 1. The molecule has 16 heteroatoms. The Kier molecular flexibility index (Phi) is 10.4. The van der Waals surface area contributed by atoms with Crippen molar-refractivity contribution in [3.63, 3.8) is 0 Å². The van der Waals surface area contributed by atoms with Gasteiger partial charge in [-0.15, -0.1) is 12.4 Å². The minimum absolute atomic E-state index is 0. The molecule has 246 valence electrons. The predicted octanol–water partition coefficient (Wildman–Crippen LogP) is 0.417. The second kappa shape index (κ2) is 14.4. The molecule has 4 heterocycles. The standard InChI is InChI=1S/C30H40N12O3.ClH/c31-19-8-20(32)13-41(12-19)29-38-28(39-30(40-29)42-14-21(33)9-22(34)15-42)37-23-4-2-18(3-5-23)25(43)10-27(44)35-11-17-1-6-26-24(7-17)36-16-45-26;/h1-7,19-22,36H,8-16,31-34H2,(H,35,44)(H,37,38,39,40);1H/t19-,20+,21-,22+;. The van der Waals surface area contributed by atoms with Gasteiger partial charge in [0.25, 0.3) is 0 Å². The maximum atomic E-state index is 12.8. The Labute approximate surface area is 273 Å². The van der Waals surface area contributed by atoms with Crippen molar-refractivity contribution in [3.8, 4) is 5.75 Å². The molecule has 1 amide bonds. The third-order valence-corrected chi connectivity index (χ3v) is 8.02. The van der Waals surface area contributed by atoms with Crippen LogP contribution >= 0.6 is 12.4 Å². The maximum Gasteiger partial charge on any atom is 0.233 e. The van der Waals surface area contributed by atoms with E-state index in [1.54, 1.807) is 24.3 Å². The number of halogens is 1. The molecule has 3 aromatic rings. The van der Waals surface area contributed by atoms with Crippen LogP contribution in [0.15, 0.2) is 42.5 Å². The molecule has 0 unspecified atom stereocenters. The van der Waals surface area contributed by atoms with Crippen LogP contribution in [0.4, 0.5) is 29.2 Å². The topological polar surface area (TPSA) is 229 Å². The second-order valence-electron chi connectivity index (χ2n) is 12.0. The number of aromatic nitrogens is 3. The highest BCUT2D eigenvalue weighted by Gasteiger charge is 2.29. The van der Waals surface area contributed by atoms with Crippen LogP contribution in [0, 0.1) is 0 Å². The molecular weight excluding hydrogens is 612 g/mol. The summed E-state index contributed by atoms with van der Waals surface area (Å²) in [5, 5.41) is 9.15. The van der Waals surface area contributed by atoms with Gasteiger partial charge in [-0.1, -0.05) is 6.07 Å². The Hall–Kier alpha value is -4.28. The number of carbonyl (C=O) groups is 2. The third-order valence-electron chi connectivity index (χ3n) is 8.02. The number of nitrogens with two attached hydrogens (primary N) is 4. The molecule has 4 atom stereocenters. The summed E-state index contributed by atoms with van der Waals surface area (Å²) in [7, 11) is 0. The Morgan fingerprint density at radius 2 is 1.43 bits per heavy atom. The van der Waals surface area contributed by atoms with Crippen molar-refractivity contribution in [2.75, 3.05) is 53.3 Å². The summed E-state index contributed by atoms with van der Waals surface area (Å²) in [6, 6.07) is 12.1. The quantitative estimate of drug-likeness (QED) is 0.123. The number of ketones is 1. The van der Waals surface area contributed by atoms with Crippen LogP contribution in [0.3, 0.4) is 0 Å². The van der Waals surface area contributed by atoms with Gasteiger partial charge in [0.15, 0.2) is 12.5 Å². The number of amides is 1. The van der Waals surface area contributed by atoms with Crippen LogP contribution in [0.25, 0.3) is 0 Å². The molecular formula is C30H41ClN12O3. The molecule has 6 rings (SSSR count). The van der Waals surface area contributed by atoms with Gasteiger partial charge in [-0.2, -0.15) is 15.0 Å². The van der Waals surface area contributed by atoms with Crippen molar-refractivity contribution in [2.45, 2.75) is 50.0 Å². The summed E-state index contributed by atoms with van der Waals surface area (Å²) in [5.41, 5.74) is 27.9. The van der Waals surface area contributed by atoms with E-state index in [-0.39, 0.29) is 54.7 Å². The number of anilines is 5. The number of rotatable bonds is 9. The van der Waals surface area contributed by atoms with Crippen molar-refractivity contribution in [1.82, 2.24) is 20.3 Å². The molecule has 3 aliphatic rings. The van der Waals surface area contributed by atoms with Gasteiger partial charge in [0.2, 0.25) is 23.8 Å². The average molecular weight is 653 g/mol. The Balaban J connectivity index is 0.00000417. The van der Waals surface area contributed by atoms with Crippen LogP contribution in [-0.2, 0) is 11.3 Å². The first-order chi connectivity index (χ1) is 21.7. The first kappa shape index (κ1) is 33.1. The number of hydrogen-bond donors (Lipinski definition) is 7. The zero-order valence-electron chi connectivity index (χ0n) is 25.4. The van der Waals surface area contributed by atoms with E-state index in [0.29, 0.717) is 68.6 Å². The van der Waals surface area contributed by atoms with E-state index in [4.69, 9.17) is 32.7 Å². The molecule has 2 aromatic carbocycles. The molecule has 3 aliphatic heterocycles. The van der Waals surface area contributed by atoms with Gasteiger partial charge < -0.3 is 53.4 Å². The fraction of sp³-hybridized carbons (Fsp3) is 0.433. The molecule has 2 saturated heterocycles. The van der Waals surface area contributed by atoms with Crippen molar-refractivity contribution < 1.29 is 14.3 Å². The predicted molar refractivity (Wildman–Crippen MR) is 179 cm³/mol. The van der Waals surface area contributed by atoms with Gasteiger partial charge in [-0.3, -0.25) is 9.59 Å². The second-order valence-corrected chi connectivity index (χ2v) is 12.0. The highest BCUT2D eigenvalue weighted by molar-refractivity contribution is 6.07. The van der Waals surface area contributed by atoms with Crippen molar-refractivity contribution in [1.29, 1.82) is 0 Å². The summed E-state index contributed by atoms with van der Waals surface area (Å²) in [6.07, 6.45) is 1.19. The van der Waals surface area contributed by atoms with Gasteiger partial charge >= 0.3 is 0 Å². The minimum atomic E-state index is -0.355. The summed E-state index contributed by atoms with van der Waals surface area (Å²) in [6.45, 7) is 3.01. The first-order valence-corrected chi connectivity index (χ1v) is 15.1. The van der Waals surface area contributed by atoms with E-state index in [9.17, 15) is 9.59 Å². The molecule has 46 heavy (non-hydrogen) atoms. The smallest absolute Gasteiger partial charge is 0.233 e. The Morgan fingerprint density at radius 1 is 0.848 bits per heavy atom. The molecule has 0 saturated carbocycles. The molecule has 2 fully saturated rings. The molecule has 0 aliphatic carbocycles. The van der Waals surface area contributed by atoms with Gasteiger partial charge in [-0.25, -0.2) is 0 Å². The highest BCUT2D eigenvalue weighted by atomic mass is 35.5. The summed E-state index contributed by atoms with van der Waals surface area (Å²) in [5.74, 6) is 1.38. The maximum absolute atomic E-state index is 12.8. The van der Waals surface area contributed by atoms with Crippen molar-refractivity contribution in [2.24, 2.45) is 22.9 Å². The number of ether oxygens (including phenoxy) is 1. The number of hydrogen-bond acceptors (Lipinski definition) is 14. The zero-order valence-corrected chi connectivity index (χ0v) is 26.2. The van der Waals surface area contributed by atoms with E-state index in [1.807, 2.05) is 28.0 Å².